The number of hydrogen-bond donors (Lipinski definition) is 0. The average molecular weight is 443 g/mol. The van der Waals surface area contributed by atoms with E-state index in [1.807, 2.05) is 48.5 Å². The van der Waals surface area contributed by atoms with Crippen LogP contribution < -0.4 is 4.74 Å². The maximum Gasteiger partial charge on any atom is 0.401 e. The summed E-state index contributed by atoms with van der Waals surface area (Å²) in [5.74, 6) is 0.770. The predicted molar refractivity (Wildman–Crippen MR) is 103 cm³/mol. The van der Waals surface area contributed by atoms with Crippen LogP contribution >= 0.6 is 15.9 Å². The average Bonchev–Trinajstić information content (AvgIpc) is 2.63. The molecular weight excluding hydrogens is 421 g/mol. The highest BCUT2D eigenvalue weighted by Gasteiger charge is 2.32. The van der Waals surface area contributed by atoms with Crippen LogP contribution in [0.5, 0.6) is 5.75 Å². The van der Waals surface area contributed by atoms with Crippen molar-refractivity contribution >= 4 is 15.9 Å². The Hall–Kier alpha value is -1.57. The Morgan fingerprint density at radius 2 is 1.56 bits per heavy atom. The Morgan fingerprint density at radius 3 is 2.22 bits per heavy atom. The molecule has 0 amide bonds. The van der Waals surface area contributed by atoms with E-state index in [9.17, 15) is 13.2 Å². The Morgan fingerprint density at radius 1 is 0.889 bits per heavy atom. The summed E-state index contributed by atoms with van der Waals surface area (Å²) in [5.41, 5.74) is 2.18. The smallest absolute Gasteiger partial charge is 0.401 e. The van der Waals surface area contributed by atoms with E-state index >= 15 is 0 Å². The monoisotopic (exact) mass is 442 g/mol. The first-order chi connectivity index (χ1) is 12.9. The summed E-state index contributed by atoms with van der Waals surface area (Å²) in [6.45, 7) is 2.50. The SMILES string of the molecule is FC(F)(F)CN1CCN(Cc2ccc(Br)c(OCc3ccccc3)c2)CC1. The van der Waals surface area contributed by atoms with Crippen LogP contribution in [-0.2, 0) is 13.2 Å². The van der Waals surface area contributed by atoms with Gasteiger partial charge in [0.2, 0.25) is 0 Å². The normalized spacial score (nSPS) is 16.4. The van der Waals surface area contributed by atoms with Gasteiger partial charge in [-0.1, -0.05) is 36.4 Å². The Labute approximate surface area is 165 Å². The van der Waals surface area contributed by atoms with E-state index in [2.05, 4.69) is 20.8 Å². The van der Waals surface area contributed by atoms with E-state index in [0.717, 1.165) is 21.3 Å². The molecule has 0 saturated carbocycles. The highest BCUT2D eigenvalue weighted by Crippen LogP contribution is 2.28. The standard InChI is InChI=1S/C20H22BrF3N2O/c21-18-7-6-17(12-19(18)27-14-16-4-2-1-3-5-16)13-25-8-10-26(11-9-25)15-20(22,23)24/h1-7,12H,8-11,13-15H2. The lowest BCUT2D eigenvalue weighted by molar-refractivity contribution is -0.149. The van der Waals surface area contributed by atoms with Crippen molar-refractivity contribution in [3.8, 4) is 5.75 Å². The molecule has 27 heavy (non-hydrogen) atoms. The Balaban J connectivity index is 1.54. The van der Waals surface area contributed by atoms with Crippen LogP contribution in [0.4, 0.5) is 13.2 Å². The molecule has 0 aromatic heterocycles. The molecule has 0 N–H and O–H groups in total. The maximum atomic E-state index is 12.5. The number of alkyl halides is 3. The van der Waals surface area contributed by atoms with Crippen molar-refractivity contribution < 1.29 is 17.9 Å². The summed E-state index contributed by atoms with van der Waals surface area (Å²) in [4.78, 5) is 3.64. The van der Waals surface area contributed by atoms with Gasteiger partial charge in [0.15, 0.2) is 0 Å². The van der Waals surface area contributed by atoms with Crippen molar-refractivity contribution in [2.45, 2.75) is 19.3 Å². The number of benzene rings is 2. The molecule has 1 fully saturated rings. The van der Waals surface area contributed by atoms with Crippen molar-refractivity contribution in [2.75, 3.05) is 32.7 Å². The number of halogens is 4. The van der Waals surface area contributed by atoms with Crippen molar-refractivity contribution in [1.29, 1.82) is 0 Å². The quantitative estimate of drug-likeness (QED) is 0.644. The van der Waals surface area contributed by atoms with E-state index in [1.54, 1.807) is 0 Å². The van der Waals surface area contributed by atoms with Gasteiger partial charge in [0.05, 0.1) is 11.0 Å². The van der Waals surface area contributed by atoms with Gasteiger partial charge in [-0.15, -0.1) is 0 Å². The second kappa shape index (κ2) is 9.08. The molecule has 0 spiro atoms. The van der Waals surface area contributed by atoms with Gasteiger partial charge >= 0.3 is 6.18 Å². The molecule has 1 saturated heterocycles. The van der Waals surface area contributed by atoms with Crippen LogP contribution in [0.2, 0.25) is 0 Å². The third kappa shape index (κ3) is 6.52. The van der Waals surface area contributed by atoms with Gasteiger partial charge in [0.1, 0.15) is 12.4 Å². The number of rotatable bonds is 6. The second-order valence-corrected chi connectivity index (χ2v) is 7.56. The molecule has 2 aromatic rings. The van der Waals surface area contributed by atoms with Gasteiger partial charge in [-0.3, -0.25) is 9.80 Å². The first-order valence-electron chi connectivity index (χ1n) is 8.86. The molecule has 0 bridgehead atoms. The van der Waals surface area contributed by atoms with Crippen molar-refractivity contribution in [2.24, 2.45) is 0 Å². The largest absolute Gasteiger partial charge is 0.488 e. The van der Waals surface area contributed by atoms with Gasteiger partial charge in [-0.25, -0.2) is 0 Å². The highest BCUT2D eigenvalue weighted by atomic mass is 79.9. The topological polar surface area (TPSA) is 15.7 Å². The number of hydrogen-bond acceptors (Lipinski definition) is 3. The van der Waals surface area contributed by atoms with Gasteiger partial charge in [-0.05, 0) is 39.2 Å². The summed E-state index contributed by atoms with van der Waals surface area (Å²) in [6.07, 6.45) is -4.13. The number of piperazine rings is 1. The van der Waals surface area contributed by atoms with Crippen molar-refractivity contribution in [1.82, 2.24) is 9.80 Å². The lowest BCUT2D eigenvalue weighted by Gasteiger charge is -2.35. The van der Waals surface area contributed by atoms with Gasteiger partial charge in [0.25, 0.3) is 0 Å². The number of nitrogens with zero attached hydrogens (tertiary/aromatic N) is 2. The third-order valence-electron chi connectivity index (χ3n) is 4.51. The zero-order chi connectivity index (χ0) is 19.3. The summed E-state index contributed by atoms with van der Waals surface area (Å²) < 4.78 is 44.3. The summed E-state index contributed by atoms with van der Waals surface area (Å²) >= 11 is 3.51. The molecule has 0 unspecified atom stereocenters. The zero-order valence-corrected chi connectivity index (χ0v) is 16.5. The van der Waals surface area contributed by atoms with Crippen molar-refractivity contribution in [3.63, 3.8) is 0 Å². The van der Waals surface area contributed by atoms with Gasteiger partial charge in [0, 0.05) is 32.7 Å². The molecule has 0 radical (unpaired) electrons. The molecule has 1 aliphatic rings. The van der Waals surface area contributed by atoms with Gasteiger partial charge in [-0.2, -0.15) is 13.2 Å². The maximum absolute atomic E-state index is 12.5. The molecule has 0 aliphatic carbocycles. The van der Waals surface area contributed by atoms with E-state index in [-0.39, 0.29) is 0 Å². The molecule has 3 nitrogen and oxygen atoms in total. The van der Waals surface area contributed by atoms with E-state index in [1.165, 1.54) is 4.90 Å². The lowest BCUT2D eigenvalue weighted by atomic mass is 10.2. The first-order valence-corrected chi connectivity index (χ1v) is 9.65. The fourth-order valence-corrected chi connectivity index (χ4v) is 3.47. The summed E-state index contributed by atoms with van der Waals surface area (Å²) in [6, 6.07) is 15.9. The Kier molecular flexibility index (Phi) is 6.78. The van der Waals surface area contributed by atoms with E-state index in [0.29, 0.717) is 39.3 Å². The van der Waals surface area contributed by atoms with Crippen LogP contribution in [0, 0.1) is 0 Å². The second-order valence-electron chi connectivity index (χ2n) is 6.71. The first kappa shape index (κ1) is 20.2. The van der Waals surface area contributed by atoms with Crippen LogP contribution in [0.3, 0.4) is 0 Å². The van der Waals surface area contributed by atoms with Crippen LogP contribution in [0.15, 0.2) is 53.0 Å². The minimum absolute atomic E-state index is 0.438. The van der Waals surface area contributed by atoms with Crippen LogP contribution in [0.1, 0.15) is 11.1 Å². The molecule has 0 atom stereocenters. The van der Waals surface area contributed by atoms with Crippen LogP contribution in [0.25, 0.3) is 0 Å². The molecule has 146 valence electrons. The minimum atomic E-state index is -4.13. The number of ether oxygens (including phenoxy) is 1. The minimum Gasteiger partial charge on any atom is -0.488 e. The zero-order valence-electron chi connectivity index (χ0n) is 14.9. The summed E-state index contributed by atoms with van der Waals surface area (Å²) in [5, 5.41) is 0. The fourth-order valence-electron chi connectivity index (χ4n) is 3.11. The predicted octanol–water partition coefficient (Wildman–Crippen LogP) is 4.71. The molecule has 3 rings (SSSR count). The third-order valence-corrected chi connectivity index (χ3v) is 5.16. The van der Waals surface area contributed by atoms with E-state index < -0.39 is 12.7 Å². The van der Waals surface area contributed by atoms with E-state index in [4.69, 9.17) is 4.74 Å². The molecule has 7 heteroatoms. The fraction of sp³-hybridized carbons (Fsp3) is 0.400. The van der Waals surface area contributed by atoms with Gasteiger partial charge < -0.3 is 4.74 Å². The molecule has 1 aliphatic heterocycles. The van der Waals surface area contributed by atoms with Crippen LogP contribution in [-0.4, -0.2) is 48.7 Å². The molecule has 1 heterocycles. The highest BCUT2D eigenvalue weighted by molar-refractivity contribution is 9.10. The molecule has 2 aromatic carbocycles. The Bertz CT molecular complexity index is 732. The lowest BCUT2D eigenvalue weighted by Crippen LogP contribution is -2.48. The van der Waals surface area contributed by atoms with Crippen molar-refractivity contribution in [3.05, 3.63) is 64.1 Å². The molecular formula is C20H22BrF3N2O. The summed E-state index contributed by atoms with van der Waals surface area (Å²) in [7, 11) is 0.